The van der Waals surface area contributed by atoms with E-state index in [-0.39, 0.29) is 17.5 Å². The van der Waals surface area contributed by atoms with Gasteiger partial charge in [0.05, 0.1) is 17.9 Å². The molecule has 1 heterocycles. The van der Waals surface area contributed by atoms with Crippen LogP contribution in [0.1, 0.15) is 49.8 Å². The summed E-state index contributed by atoms with van der Waals surface area (Å²) in [6.07, 6.45) is 1.69. The van der Waals surface area contributed by atoms with Crippen LogP contribution in [0.3, 0.4) is 0 Å². The third kappa shape index (κ3) is 4.58. The molecule has 0 radical (unpaired) electrons. The Labute approximate surface area is 132 Å². The Morgan fingerprint density at radius 3 is 2.32 bits per heavy atom. The summed E-state index contributed by atoms with van der Waals surface area (Å²) in [4.78, 5) is 16.5. The van der Waals surface area contributed by atoms with Gasteiger partial charge in [0.25, 0.3) is 5.91 Å². The van der Waals surface area contributed by atoms with Gasteiger partial charge in [0, 0.05) is 5.54 Å². The molecular weight excluding hydrogens is 274 g/mol. The molecule has 1 amide bonds. The lowest BCUT2D eigenvalue weighted by Crippen LogP contribution is -2.28. The number of carbonyl (C=O) groups excluding carboxylic acids is 1. The van der Waals surface area contributed by atoms with Gasteiger partial charge in [0.15, 0.2) is 0 Å². The molecule has 4 heteroatoms. The van der Waals surface area contributed by atoms with Crippen molar-refractivity contribution < 1.29 is 4.79 Å². The minimum Gasteiger partial charge on any atom is -0.379 e. The smallest absolute Gasteiger partial charge is 0.270 e. The molecule has 0 saturated carbocycles. The number of nitrogens with zero attached hydrogens (tertiary/aromatic N) is 1. The van der Waals surface area contributed by atoms with Crippen LogP contribution in [0.15, 0.2) is 48.7 Å². The molecule has 1 atom stereocenters. The van der Waals surface area contributed by atoms with Crippen molar-refractivity contribution in [2.45, 2.75) is 39.3 Å². The predicted octanol–water partition coefficient (Wildman–Crippen LogP) is 3.78. The summed E-state index contributed by atoms with van der Waals surface area (Å²) < 4.78 is 0. The zero-order valence-corrected chi connectivity index (χ0v) is 13.6. The average Bonchev–Trinajstić information content (AvgIpc) is 2.47. The van der Waals surface area contributed by atoms with Crippen LogP contribution in [0.5, 0.6) is 0 Å². The quantitative estimate of drug-likeness (QED) is 0.903. The predicted molar refractivity (Wildman–Crippen MR) is 89.9 cm³/mol. The van der Waals surface area contributed by atoms with Crippen molar-refractivity contribution in [1.29, 1.82) is 0 Å². The maximum Gasteiger partial charge on any atom is 0.270 e. The molecule has 2 rings (SSSR count). The maximum absolute atomic E-state index is 12.2. The number of rotatable bonds is 4. The Morgan fingerprint density at radius 2 is 1.77 bits per heavy atom. The highest BCUT2D eigenvalue weighted by atomic mass is 16.1. The normalized spacial score (nSPS) is 12.5. The van der Waals surface area contributed by atoms with E-state index in [0.717, 1.165) is 11.3 Å². The molecule has 1 aromatic carbocycles. The van der Waals surface area contributed by atoms with Crippen molar-refractivity contribution in [3.63, 3.8) is 0 Å². The molecule has 4 nitrogen and oxygen atoms in total. The van der Waals surface area contributed by atoms with E-state index >= 15 is 0 Å². The topological polar surface area (TPSA) is 54.0 Å². The molecule has 0 fully saturated rings. The second kappa shape index (κ2) is 6.60. The highest BCUT2D eigenvalue weighted by Crippen LogP contribution is 2.15. The summed E-state index contributed by atoms with van der Waals surface area (Å²) in [5.74, 6) is -0.168. The van der Waals surface area contributed by atoms with Crippen molar-refractivity contribution in [3.05, 3.63) is 59.9 Å². The Balaban J connectivity index is 2.01. The molecule has 0 aliphatic carbocycles. The van der Waals surface area contributed by atoms with Crippen LogP contribution in [-0.4, -0.2) is 16.4 Å². The molecule has 0 aliphatic rings. The zero-order chi connectivity index (χ0) is 16.2. The summed E-state index contributed by atoms with van der Waals surface area (Å²) in [5, 5.41) is 6.28. The van der Waals surface area contributed by atoms with E-state index in [0.29, 0.717) is 5.69 Å². The summed E-state index contributed by atoms with van der Waals surface area (Å²) in [6, 6.07) is 13.4. The highest BCUT2D eigenvalue weighted by molar-refractivity contribution is 5.92. The summed E-state index contributed by atoms with van der Waals surface area (Å²) in [6.45, 7) is 8.20. The van der Waals surface area contributed by atoms with E-state index in [1.165, 1.54) is 0 Å². The molecule has 116 valence electrons. The molecule has 0 saturated heterocycles. The van der Waals surface area contributed by atoms with E-state index < -0.39 is 0 Å². The van der Waals surface area contributed by atoms with Crippen LogP contribution >= 0.6 is 0 Å². The minimum atomic E-state index is -0.168. The Morgan fingerprint density at radius 1 is 1.09 bits per heavy atom. The van der Waals surface area contributed by atoms with Crippen LogP contribution in [0, 0.1) is 0 Å². The van der Waals surface area contributed by atoms with Crippen molar-refractivity contribution in [2.75, 3.05) is 5.32 Å². The molecule has 1 aromatic heterocycles. The van der Waals surface area contributed by atoms with Crippen molar-refractivity contribution in [2.24, 2.45) is 0 Å². The van der Waals surface area contributed by atoms with Gasteiger partial charge in [-0.05, 0) is 45.4 Å². The minimum absolute atomic E-state index is 0.0344. The van der Waals surface area contributed by atoms with E-state index in [1.54, 1.807) is 12.3 Å². The maximum atomic E-state index is 12.2. The van der Waals surface area contributed by atoms with E-state index in [4.69, 9.17) is 0 Å². The molecular formula is C18H23N3O. The van der Waals surface area contributed by atoms with Gasteiger partial charge in [-0.15, -0.1) is 0 Å². The summed E-state index contributed by atoms with van der Waals surface area (Å²) in [5.41, 5.74) is 2.36. The van der Waals surface area contributed by atoms with Gasteiger partial charge in [-0.2, -0.15) is 0 Å². The standard InChI is InChI=1S/C18H23N3O/c1-13(14-8-6-5-7-9-14)20-17(22)16-11-10-15(12-19-16)21-18(2,3)4/h5-13,21H,1-4H3,(H,20,22). The lowest BCUT2D eigenvalue weighted by molar-refractivity contribution is 0.0935. The van der Waals surface area contributed by atoms with Gasteiger partial charge in [-0.1, -0.05) is 30.3 Å². The van der Waals surface area contributed by atoms with Crippen LogP contribution in [-0.2, 0) is 0 Å². The van der Waals surface area contributed by atoms with E-state index in [2.05, 4.69) is 36.4 Å². The fourth-order valence-electron chi connectivity index (χ4n) is 2.13. The van der Waals surface area contributed by atoms with Crippen LogP contribution in [0.2, 0.25) is 0 Å². The lowest BCUT2D eigenvalue weighted by atomic mass is 10.1. The third-order valence-electron chi connectivity index (χ3n) is 3.16. The van der Waals surface area contributed by atoms with Gasteiger partial charge in [0.2, 0.25) is 0 Å². The van der Waals surface area contributed by atoms with Crippen LogP contribution < -0.4 is 10.6 Å². The number of carbonyl (C=O) groups is 1. The van der Waals surface area contributed by atoms with Crippen LogP contribution in [0.25, 0.3) is 0 Å². The second-order valence-corrected chi connectivity index (χ2v) is 6.41. The number of nitrogens with one attached hydrogen (secondary N) is 2. The van der Waals surface area contributed by atoms with Crippen LogP contribution in [0.4, 0.5) is 5.69 Å². The number of aromatic nitrogens is 1. The first-order valence-corrected chi connectivity index (χ1v) is 7.45. The van der Waals surface area contributed by atoms with E-state index in [1.807, 2.05) is 43.3 Å². The largest absolute Gasteiger partial charge is 0.379 e. The second-order valence-electron chi connectivity index (χ2n) is 6.41. The van der Waals surface area contributed by atoms with Gasteiger partial charge < -0.3 is 10.6 Å². The molecule has 22 heavy (non-hydrogen) atoms. The van der Waals surface area contributed by atoms with Gasteiger partial charge >= 0.3 is 0 Å². The fourth-order valence-corrected chi connectivity index (χ4v) is 2.13. The Hall–Kier alpha value is -2.36. The molecule has 2 N–H and O–H groups in total. The van der Waals surface area contributed by atoms with Crippen molar-refractivity contribution >= 4 is 11.6 Å². The number of amides is 1. The fraction of sp³-hybridized carbons (Fsp3) is 0.333. The molecule has 0 aliphatic heterocycles. The van der Waals surface area contributed by atoms with E-state index in [9.17, 15) is 4.79 Å². The average molecular weight is 297 g/mol. The molecule has 0 bridgehead atoms. The summed E-state index contributed by atoms with van der Waals surface area (Å²) in [7, 11) is 0. The lowest BCUT2D eigenvalue weighted by Gasteiger charge is -2.21. The molecule has 0 spiro atoms. The monoisotopic (exact) mass is 297 g/mol. The number of hydrogen-bond donors (Lipinski definition) is 2. The van der Waals surface area contributed by atoms with Gasteiger partial charge in [0.1, 0.15) is 5.69 Å². The van der Waals surface area contributed by atoms with Gasteiger partial charge in [-0.25, -0.2) is 4.98 Å². The number of pyridine rings is 1. The first-order chi connectivity index (χ1) is 10.3. The Bertz CT molecular complexity index is 615. The van der Waals surface area contributed by atoms with Crippen molar-refractivity contribution in [3.8, 4) is 0 Å². The zero-order valence-electron chi connectivity index (χ0n) is 13.6. The third-order valence-corrected chi connectivity index (χ3v) is 3.16. The SMILES string of the molecule is CC(NC(=O)c1ccc(NC(C)(C)C)cn1)c1ccccc1. The Kier molecular flexibility index (Phi) is 4.81. The van der Waals surface area contributed by atoms with Gasteiger partial charge in [-0.3, -0.25) is 4.79 Å². The first kappa shape index (κ1) is 16.0. The first-order valence-electron chi connectivity index (χ1n) is 7.45. The molecule has 2 aromatic rings. The number of benzene rings is 1. The molecule has 1 unspecified atom stereocenters. The highest BCUT2D eigenvalue weighted by Gasteiger charge is 2.13. The number of anilines is 1. The van der Waals surface area contributed by atoms with Crippen molar-refractivity contribution in [1.82, 2.24) is 10.3 Å². The number of hydrogen-bond acceptors (Lipinski definition) is 3. The summed E-state index contributed by atoms with van der Waals surface area (Å²) >= 11 is 0.